The van der Waals surface area contributed by atoms with Gasteiger partial charge < -0.3 is 20.8 Å². The Balaban J connectivity index is 1.92. The Morgan fingerprint density at radius 3 is 2.72 bits per heavy atom. The van der Waals surface area contributed by atoms with E-state index in [4.69, 9.17) is 6.42 Å². The second kappa shape index (κ2) is 8.47. The predicted octanol–water partition coefficient (Wildman–Crippen LogP) is 1.25. The molecular weight excluding hydrogens is 377 g/mol. The van der Waals surface area contributed by atoms with E-state index in [2.05, 4.69) is 16.6 Å². The van der Waals surface area contributed by atoms with Crippen LogP contribution in [0.5, 0.6) is 0 Å². The van der Waals surface area contributed by atoms with Crippen molar-refractivity contribution in [1.82, 2.24) is 9.88 Å². The Morgan fingerprint density at radius 1 is 1.28 bits per heavy atom. The molecule has 0 spiro atoms. The molecule has 3 atom stereocenters. The second-order valence-electron chi connectivity index (χ2n) is 7.03. The van der Waals surface area contributed by atoms with Crippen LogP contribution in [0.4, 0.5) is 15.9 Å². The van der Waals surface area contributed by atoms with Crippen LogP contribution < -0.4 is 16.2 Å². The van der Waals surface area contributed by atoms with Crippen LogP contribution in [0.1, 0.15) is 35.2 Å². The smallest absolute Gasteiger partial charge is 0.255 e. The summed E-state index contributed by atoms with van der Waals surface area (Å²) in [5.74, 6) is 1.24. The number of aromatic nitrogens is 1. The third-order valence-electron chi connectivity index (χ3n) is 5.09. The number of nitrogens with one attached hydrogen (secondary N) is 2. The molecule has 0 saturated heterocycles. The molecule has 0 bridgehead atoms. The van der Waals surface area contributed by atoms with Crippen LogP contribution in [0.25, 0.3) is 0 Å². The molecule has 1 aliphatic carbocycles. The molecule has 8 heteroatoms. The molecule has 1 fully saturated rings. The van der Waals surface area contributed by atoms with Crippen molar-refractivity contribution < 1.29 is 19.4 Å². The molecule has 1 aromatic carbocycles. The summed E-state index contributed by atoms with van der Waals surface area (Å²) in [6.07, 6.45) is 4.92. The molecule has 1 aliphatic rings. The number of carbonyl (C=O) groups is 1. The van der Waals surface area contributed by atoms with E-state index in [1.165, 1.54) is 41.9 Å². The highest BCUT2D eigenvalue weighted by atomic mass is 19.1. The number of aliphatic hydroxyl groups is 2. The molecule has 2 aromatic rings. The quantitative estimate of drug-likeness (QED) is 0.580. The van der Waals surface area contributed by atoms with Crippen molar-refractivity contribution >= 4 is 17.4 Å². The van der Waals surface area contributed by atoms with Gasteiger partial charge in [-0.1, -0.05) is 5.92 Å². The van der Waals surface area contributed by atoms with Crippen molar-refractivity contribution in [3.63, 3.8) is 0 Å². The number of amides is 1. The van der Waals surface area contributed by atoms with Crippen molar-refractivity contribution in [2.24, 2.45) is 7.05 Å². The Hall–Kier alpha value is -3.15. The minimum Gasteiger partial charge on any atom is -0.390 e. The monoisotopic (exact) mass is 399 g/mol. The number of carbonyl (C=O) groups excluding carboxylic acids is 1. The fourth-order valence-corrected chi connectivity index (χ4v) is 3.36. The van der Waals surface area contributed by atoms with Gasteiger partial charge in [0.2, 0.25) is 0 Å². The van der Waals surface area contributed by atoms with E-state index in [0.29, 0.717) is 24.8 Å². The standard InChI is InChI=1S/C21H22FN3O4/c1-3-12-7-9-15(14(22)11-12)23-20-13(8-10-18(27)25(20)2)21(29)24-16-5-4-6-17(26)19(16)28/h1,7-11,16-17,19,23,26,28H,4-6H2,2H3,(H,24,29). The van der Waals surface area contributed by atoms with E-state index in [9.17, 15) is 24.2 Å². The molecule has 3 rings (SSSR count). The van der Waals surface area contributed by atoms with E-state index in [1.807, 2.05) is 0 Å². The number of anilines is 2. The van der Waals surface area contributed by atoms with Gasteiger partial charge in [0.25, 0.3) is 11.5 Å². The molecule has 0 aliphatic heterocycles. The van der Waals surface area contributed by atoms with E-state index in [0.717, 1.165) is 0 Å². The second-order valence-corrected chi connectivity index (χ2v) is 7.03. The zero-order valence-electron chi connectivity index (χ0n) is 15.9. The average Bonchev–Trinajstić information content (AvgIpc) is 2.70. The summed E-state index contributed by atoms with van der Waals surface area (Å²) in [5.41, 5.74) is 0.114. The fraction of sp³-hybridized carbons (Fsp3) is 0.333. The van der Waals surface area contributed by atoms with Crippen molar-refractivity contribution in [3.8, 4) is 12.3 Å². The van der Waals surface area contributed by atoms with Crippen molar-refractivity contribution in [2.45, 2.75) is 37.5 Å². The molecular formula is C21H22FN3O4. The summed E-state index contributed by atoms with van der Waals surface area (Å²) in [5, 5.41) is 25.4. The van der Waals surface area contributed by atoms with Gasteiger partial charge in [0.1, 0.15) is 11.6 Å². The minimum atomic E-state index is -1.08. The van der Waals surface area contributed by atoms with Gasteiger partial charge in [-0.15, -0.1) is 6.42 Å². The van der Waals surface area contributed by atoms with Gasteiger partial charge in [-0.3, -0.25) is 14.2 Å². The minimum absolute atomic E-state index is 0.0485. The van der Waals surface area contributed by atoms with Gasteiger partial charge in [0.05, 0.1) is 29.5 Å². The zero-order chi connectivity index (χ0) is 21.1. The first-order valence-corrected chi connectivity index (χ1v) is 9.22. The van der Waals surface area contributed by atoms with Crippen LogP contribution in [0.2, 0.25) is 0 Å². The number of halogens is 1. The van der Waals surface area contributed by atoms with Gasteiger partial charge in [0, 0.05) is 18.7 Å². The van der Waals surface area contributed by atoms with Crippen molar-refractivity contribution in [3.05, 3.63) is 57.6 Å². The Bertz CT molecular complexity index is 1030. The van der Waals surface area contributed by atoms with Crippen molar-refractivity contribution in [1.29, 1.82) is 0 Å². The lowest BCUT2D eigenvalue weighted by Crippen LogP contribution is -2.51. The third kappa shape index (κ3) is 4.31. The maximum Gasteiger partial charge on any atom is 0.255 e. The first kappa shape index (κ1) is 20.6. The molecule has 152 valence electrons. The number of hydrogen-bond acceptors (Lipinski definition) is 5. The lowest BCUT2D eigenvalue weighted by Gasteiger charge is -2.32. The van der Waals surface area contributed by atoms with Crippen LogP contribution in [0.3, 0.4) is 0 Å². The number of pyridine rings is 1. The van der Waals surface area contributed by atoms with Gasteiger partial charge in [-0.2, -0.15) is 0 Å². The van der Waals surface area contributed by atoms with Gasteiger partial charge in [0.15, 0.2) is 0 Å². The Morgan fingerprint density at radius 2 is 2.03 bits per heavy atom. The maximum absolute atomic E-state index is 14.3. The lowest BCUT2D eigenvalue weighted by molar-refractivity contribution is -0.0277. The van der Waals surface area contributed by atoms with E-state index >= 15 is 0 Å². The van der Waals surface area contributed by atoms with Crippen LogP contribution in [0.15, 0.2) is 35.1 Å². The first-order valence-electron chi connectivity index (χ1n) is 9.22. The predicted molar refractivity (Wildman–Crippen MR) is 106 cm³/mol. The van der Waals surface area contributed by atoms with Gasteiger partial charge in [-0.25, -0.2) is 4.39 Å². The van der Waals surface area contributed by atoms with Gasteiger partial charge >= 0.3 is 0 Å². The maximum atomic E-state index is 14.3. The van der Waals surface area contributed by atoms with Crippen LogP contribution in [-0.4, -0.2) is 38.9 Å². The van der Waals surface area contributed by atoms with Crippen LogP contribution in [0, 0.1) is 18.2 Å². The molecule has 1 saturated carbocycles. The Labute approximate surface area is 167 Å². The SMILES string of the molecule is C#Cc1ccc(Nc2c(C(=O)NC3CCCC(O)C3O)ccc(=O)n2C)c(F)c1. The van der Waals surface area contributed by atoms with E-state index in [-0.39, 0.29) is 17.1 Å². The van der Waals surface area contributed by atoms with Gasteiger partial charge in [-0.05, 0) is 43.5 Å². The molecule has 1 amide bonds. The summed E-state index contributed by atoms with van der Waals surface area (Å²) >= 11 is 0. The molecule has 29 heavy (non-hydrogen) atoms. The number of aliphatic hydroxyl groups excluding tert-OH is 2. The molecule has 1 aromatic heterocycles. The number of nitrogens with zero attached hydrogens (tertiary/aromatic N) is 1. The van der Waals surface area contributed by atoms with Crippen LogP contribution in [-0.2, 0) is 7.05 Å². The first-order chi connectivity index (χ1) is 13.8. The summed E-state index contributed by atoms with van der Waals surface area (Å²) in [6, 6.07) is 6.06. The molecule has 3 unspecified atom stereocenters. The lowest BCUT2D eigenvalue weighted by atomic mass is 9.90. The highest BCUT2D eigenvalue weighted by molar-refractivity contribution is 5.99. The van der Waals surface area contributed by atoms with E-state index in [1.54, 1.807) is 0 Å². The molecule has 4 N–H and O–H groups in total. The summed E-state index contributed by atoms with van der Waals surface area (Å²) in [7, 11) is 1.45. The highest BCUT2D eigenvalue weighted by Gasteiger charge is 2.32. The summed E-state index contributed by atoms with van der Waals surface area (Å²) in [4.78, 5) is 24.9. The number of hydrogen-bond donors (Lipinski definition) is 4. The summed E-state index contributed by atoms with van der Waals surface area (Å²) in [6.45, 7) is 0. The number of terminal acetylenes is 1. The molecule has 1 heterocycles. The van der Waals surface area contributed by atoms with E-state index < -0.39 is 35.5 Å². The van der Waals surface area contributed by atoms with Crippen molar-refractivity contribution in [2.75, 3.05) is 5.32 Å². The Kier molecular flexibility index (Phi) is 6.01. The normalized spacial score (nSPS) is 21.3. The third-order valence-corrected chi connectivity index (χ3v) is 5.09. The topological polar surface area (TPSA) is 104 Å². The number of rotatable bonds is 4. The largest absolute Gasteiger partial charge is 0.390 e. The summed E-state index contributed by atoms with van der Waals surface area (Å²) < 4.78 is 15.5. The number of benzene rings is 1. The zero-order valence-corrected chi connectivity index (χ0v) is 15.9. The molecule has 0 radical (unpaired) electrons. The van der Waals surface area contributed by atoms with Crippen LogP contribution >= 0.6 is 0 Å². The highest BCUT2D eigenvalue weighted by Crippen LogP contribution is 2.24. The molecule has 7 nitrogen and oxygen atoms in total. The fourth-order valence-electron chi connectivity index (χ4n) is 3.36. The average molecular weight is 399 g/mol.